The molecule has 0 saturated carbocycles. The predicted molar refractivity (Wildman–Crippen MR) is 74.6 cm³/mol. The Balaban J connectivity index is 2.11. The van der Waals surface area contributed by atoms with Crippen molar-refractivity contribution < 1.29 is 9.53 Å². The number of imidazole rings is 1. The van der Waals surface area contributed by atoms with Crippen molar-refractivity contribution in [2.24, 2.45) is 0 Å². The number of methoxy groups -OCH3 is 1. The van der Waals surface area contributed by atoms with E-state index in [-0.39, 0.29) is 11.5 Å². The molecule has 0 aliphatic carbocycles. The Bertz CT molecular complexity index is 795. The molecule has 100 valence electrons. The van der Waals surface area contributed by atoms with Gasteiger partial charge in [0, 0.05) is 17.3 Å². The quantitative estimate of drug-likeness (QED) is 0.716. The molecule has 0 bridgehead atoms. The molecule has 20 heavy (non-hydrogen) atoms. The molecule has 1 aromatic carbocycles. The number of nitrogen functional groups attached to an aromatic ring is 1. The Morgan fingerprint density at radius 2 is 2.15 bits per heavy atom. The van der Waals surface area contributed by atoms with E-state index in [0.29, 0.717) is 0 Å². The molecule has 0 saturated heterocycles. The number of hydrogen-bond donors (Lipinski definition) is 1. The number of esters is 1. The molecule has 3 aromatic rings. The van der Waals surface area contributed by atoms with Gasteiger partial charge in [0.05, 0.1) is 12.6 Å². The van der Waals surface area contributed by atoms with Gasteiger partial charge >= 0.3 is 5.97 Å². The summed E-state index contributed by atoms with van der Waals surface area (Å²) in [5, 5.41) is 0.984. The zero-order valence-corrected chi connectivity index (χ0v) is 10.8. The van der Waals surface area contributed by atoms with Gasteiger partial charge < -0.3 is 10.5 Å². The largest absolute Gasteiger partial charge is 0.464 e. The number of nitrogens with two attached hydrogens (primary N) is 1. The van der Waals surface area contributed by atoms with Gasteiger partial charge in [0.15, 0.2) is 5.69 Å². The van der Waals surface area contributed by atoms with Crippen LogP contribution in [0.5, 0.6) is 0 Å². The van der Waals surface area contributed by atoms with Crippen LogP contribution in [0, 0.1) is 0 Å². The molecule has 0 fully saturated rings. The van der Waals surface area contributed by atoms with E-state index >= 15 is 0 Å². The number of ether oxygens (including phenoxy) is 1. The highest BCUT2D eigenvalue weighted by Gasteiger charge is 2.16. The zero-order valence-electron chi connectivity index (χ0n) is 10.8. The molecule has 0 amide bonds. The third kappa shape index (κ3) is 1.87. The van der Waals surface area contributed by atoms with Crippen molar-refractivity contribution in [1.82, 2.24) is 14.5 Å². The van der Waals surface area contributed by atoms with Crippen molar-refractivity contribution >= 4 is 22.7 Å². The average Bonchev–Trinajstić information content (AvgIpc) is 2.87. The third-order valence-electron chi connectivity index (χ3n) is 3.05. The summed E-state index contributed by atoms with van der Waals surface area (Å²) >= 11 is 0. The summed E-state index contributed by atoms with van der Waals surface area (Å²) in [6, 6.07) is 9.52. The van der Waals surface area contributed by atoms with Crippen LogP contribution >= 0.6 is 0 Å². The second-order valence-electron chi connectivity index (χ2n) is 4.22. The van der Waals surface area contributed by atoms with E-state index in [9.17, 15) is 4.79 Å². The molecule has 0 aliphatic rings. The Kier molecular flexibility index (Phi) is 2.83. The fourth-order valence-electron chi connectivity index (χ4n) is 2.03. The van der Waals surface area contributed by atoms with Gasteiger partial charge in [-0.3, -0.25) is 9.55 Å². The van der Waals surface area contributed by atoms with Crippen LogP contribution in [-0.2, 0) is 4.74 Å². The molecule has 6 heteroatoms. The molecule has 0 aliphatic heterocycles. The van der Waals surface area contributed by atoms with E-state index in [2.05, 4.69) is 14.7 Å². The van der Waals surface area contributed by atoms with Crippen LogP contribution in [-0.4, -0.2) is 27.6 Å². The molecular formula is C14H12N4O2. The number of carbonyl (C=O) groups is 1. The summed E-state index contributed by atoms with van der Waals surface area (Å²) in [7, 11) is 1.29. The minimum Gasteiger partial charge on any atom is -0.464 e. The van der Waals surface area contributed by atoms with E-state index in [0.717, 1.165) is 16.6 Å². The standard InChI is InChI=1S/C14H12N4O2/c1-20-14(19)12-13(15)18(8-17-12)10-4-5-11-9(7-10)3-2-6-16-11/h2-8H,15H2,1H3. The Hall–Kier alpha value is -2.89. The Morgan fingerprint density at radius 1 is 1.30 bits per heavy atom. The van der Waals surface area contributed by atoms with Crippen LogP contribution in [0.2, 0.25) is 0 Å². The van der Waals surface area contributed by atoms with Crippen LogP contribution in [0.3, 0.4) is 0 Å². The minimum atomic E-state index is -0.552. The lowest BCUT2D eigenvalue weighted by Gasteiger charge is -2.06. The number of pyridine rings is 1. The lowest BCUT2D eigenvalue weighted by atomic mass is 10.2. The van der Waals surface area contributed by atoms with Gasteiger partial charge in [-0.05, 0) is 24.3 Å². The monoisotopic (exact) mass is 268 g/mol. The van der Waals surface area contributed by atoms with E-state index in [1.165, 1.54) is 13.4 Å². The second kappa shape index (κ2) is 4.65. The van der Waals surface area contributed by atoms with Crippen molar-refractivity contribution in [2.75, 3.05) is 12.8 Å². The Labute approximate surface area is 114 Å². The SMILES string of the molecule is COC(=O)c1ncn(-c2ccc3ncccc3c2)c1N. The first-order chi connectivity index (χ1) is 9.70. The van der Waals surface area contributed by atoms with Crippen LogP contribution in [0.25, 0.3) is 16.6 Å². The number of carbonyl (C=O) groups excluding carboxylic acids is 1. The van der Waals surface area contributed by atoms with Crippen molar-refractivity contribution in [3.05, 3.63) is 48.5 Å². The maximum absolute atomic E-state index is 11.5. The number of nitrogens with zero attached hydrogens (tertiary/aromatic N) is 3. The van der Waals surface area contributed by atoms with E-state index < -0.39 is 5.97 Å². The summed E-state index contributed by atoms with van der Waals surface area (Å²) in [4.78, 5) is 19.7. The first-order valence-corrected chi connectivity index (χ1v) is 5.97. The molecular weight excluding hydrogens is 256 g/mol. The van der Waals surface area contributed by atoms with Crippen LogP contribution in [0.4, 0.5) is 5.82 Å². The molecule has 0 spiro atoms. The summed E-state index contributed by atoms with van der Waals surface area (Å²) in [6.45, 7) is 0. The smallest absolute Gasteiger partial charge is 0.360 e. The summed E-state index contributed by atoms with van der Waals surface area (Å²) in [6.07, 6.45) is 3.24. The summed E-state index contributed by atoms with van der Waals surface area (Å²) < 4.78 is 6.27. The Morgan fingerprint density at radius 3 is 2.95 bits per heavy atom. The molecule has 2 N–H and O–H groups in total. The first-order valence-electron chi connectivity index (χ1n) is 5.97. The molecule has 3 rings (SSSR count). The maximum Gasteiger partial charge on any atom is 0.360 e. The third-order valence-corrected chi connectivity index (χ3v) is 3.05. The number of rotatable bonds is 2. The lowest BCUT2D eigenvalue weighted by Crippen LogP contribution is -2.07. The number of aromatic nitrogens is 3. The van der Waals surface area contributed by atoms with Crippen LogP contribution in [0.15, 0.2) is 42.9 Å². The molecule has 0 atom stereocenters. The molecule has 2 heterocycles. The average molecular weight is 268 g/mol. The van der Waals surface area contributed by atoms with Crippen molar-refractivity contribution in [3.8, 4) is 5.69 Å². The predicted octanol–water partition coefficient (Wildman–Crippen LogP) is 1.79. The maximum atomic E-state index is 11.5. The highest BCUT2D eigenvalue weighted by molar-refractivity contribution is 5.92. The van der Waals surface area contributed by atoms with E-state index in [4.69, 9.17) is 5.73 Å². The topological polar surface area (TPSA) is 83.0 Å². The molecule has 0 unspecified atom stereocenters. The van der Waals surface area contributed by atoms with Gasteiger partial charge in [-0.15, -0.1) is 0 Å². The fourth-order valence-corrected chi connectivity index (χ4v) is 2.03. The van der Waals surface area contributed by atoms with E-state index in [1.807, 2.05) is 30.3 Å². The van der Waals surface area contributed by atoms with Gasteiger partial charge in [-0.1, -0.05) is 6.07 Å². The highest BCUT2D eigenvalue weighted by atomic mass is 16.5. The normalized spacial score (nSPS) is 10.7. The first kappa shape index (κ1) is 12.2. The van der Waals surface area contributed by atoms with Gasteiger partial charge in [0.25, 0.3) is 0 Å². The van der Waals surface area contributed by atoms with Crippen molar-refractivity contribution in [3.63, 3.8) is 0 Å². The van der Waals surface area contributed by atoms with Crippen LogP contribution in [0.1, 0.15) is 10.5 Å². The minimum absolute atomic E-state index is 0.110. The van der Waals surface area contributed by atoms with Crippen molar-refractivity contribution in [2.45, 2.75) is 0 Å². The number of fused-ring (bicyclic) bond motifs is 1. The van der Waals surface area contributed by atoms with Gasteiger partial charge in [0.1, 0.15) is 12.1 Å². The van der Waals surface area contributed by atoms with Crippen molar-refractivity contribution in [1.29, 1.82) is 0 Å². The van der Waals surface area contributed by atoms with Crippen LogP contribution < -0.4 is 5.73 Å². The molecule has 2 aromatic heterocycles. The van der Waals surface area contributed by atoms with Gasteiger partial charge in [0.2, 0.25) is 0 Å². The number of hydrogen-bond acceptors (Lipinski definition) is 5. The van der Waals surface area contributed by atoms with Gasteiger partial charge in [-0.2, -0.15) is 0 Å². The zero-order chi connectivity index (χ0) is 14.1. The second-order valence-corrected chi connectivity index (χ2v) is 4.22. The number of anilines is 1. The van der Waals surface area contributed by atoms with E-state index in [1.54, 1.807) is 10.8 Å². The fraction of sp³-hybridized carbons (Fsp3) is 0.0714. The molecule has 0 radical (unpaired) electrons. The van der Waals surface area contributed by atoms with Gasteiger partial charge in [-0.25, -0.2) is 9.78 Å². The highest BCUT2D eigenvalue weighted by Crippen LogP contribution is 2.21. The number of benzene rings is 1. The molecule has 6 nitrogen and oxygen atoms in total. The summed E-state index contributed by atoms with van der Waals surface area (Å²) in [5.41, 5.74) is 7.75. The summed E-state index contributed by atoms with van der Waals surface area (Å²) in [5.74, 6) is -0.302. The lowest BCUT2D eigenvalue weighted by molar-refractivity contribution is 0.0596.